The van der Waals surface area contributed by atoms with E-state index < -0.39 is 0 Å². The number of rotatable bonds is 9. The van der Waals surface area contributed by atoms with Gasteiger partial charge in [0.1, 0.15) is 0 Å². The maximum atomic E-state index is 9.74. The van der Waals surface area contributed by atoms with Crippen LogP contribution in [0.2, 0.25) is 0 Å². The van der Waals surface area contributed by atoms with Crippen molar-refractivity contribution in [3.05, 3.63) is 252 Å². The summed E-state index contributed by atoms with van der Waals surface area (Å²) in [5.41, 5.74) is 17.1. The maximum Gasteiger partial charge on any atom is 0.160 e. The lowest BCUT2D eigenvalue weighted by atomic mass is 9.87. The van der Waals surface area contributed by atoms with Crippen LogP contribution in [0.5, 0.6) is 0 Å². The van der Waals surface area contributed by atoms with E-state index in [4.69, 9.17) is 9.97 Å². The van der Waals surface area contributed by atoms with E-state index in [2.05, 4.69) is 169 Å². The molecule has 2 heterocycles. The Morgan fingerprint density at radius 1 is 0.377 bits per heavy atom. The summed E-state index contributed by atoms with van der Waals surface area (Å²) in [6.07, 6.45) is 2.20. The molecule has 0 saturated carbocycles. The summed E-state index contributed by atoms with van der Waals surface area (Å²) >= 11 is 0. The topological polar surface area (TPSA) is 61.7 Å². The van der Waals surface area contributed by atoms with Gasteiger partial charge in [-0.05, 0) is 57.2 Å². The molecule has 10 rings (SSSR count). The van der Waals surface area contributed by atoms with Crippen LogP contribution in [0.1, 0.15) is 27.8 Å². The molecule has 4 nitrogen and oxygen atoms in total. The maximum absolute atomic E-state index is 9.74. The van der Waals surface area contributed by atoms with Gasteiger partial charge in [-0.25, -0.2) is 9.97 Å². The van der Waals surface area contributed by atoms with Crippen LogP contribution >= 0.6 is 0 Å². The highest BCUT2D eigenvalue weighted by atomic mass is 14.9. The minimum Gasteiger partial charge on any atom is -0.354 e. The molecular weight excluding hydrogens is 741 g/mol. The van der Waals surface area contributed by atoms with Crippen LogP contribution in [-0.2, 0) is 0 Å². The molecule has 2 N–H and O–H groups in total. The Morgan fingerprint density at radius 3 is 1.36 bits per heavy atom. The Morgan fingerprint density at radius 2 is 0.803 bits per heavy atom. The van der Waals surface area contributed by atoms with Gasteiger partial charge < -0.3 is 5.32 Å². The van der Waals surface area contributed by atoms with E-state index in [-0.39, 0.29) is 0 Å². The molecule has 0 unspecified atom stereocenters. The van der Waals surface area contributed by atoms with Crippen molar-refractivity contribution < 1.29 is 0 Å². The van der Waals surface area contributed by atoms with Crippen LogP contribution in [-0.4, -0.2) is 15.7 Å². The molecule has 1 aromatic heterocycles. The zero-order valence-electron chi connectivity index (χ0n) is 33.3. The molecule has 4 heteroatoms. The van der Waals surface area contributed by atoms with Gasteiger partial charge in [-0.15, -0.1) is 0 Å². The zero-order valence-corrected chi connectivity index (χ0v) is 33.3. The van der Waals surface area contributed by atoms with Crippen molar-refractivity contribution in [1.29, 1.82) is 5.41 Å². The number of hydrogen-bond donors (Lipinski definition) is 2. The van der Waals surface area contributed by atoms with Gasteiger partial charge in [-0.2, -0.15) is 0 Å². The van der Waals surface area contributed by atoms with Gasteiger partial charge >= 0.3 is 0 Å². The fourth-order valence-corrected chi connectivity index (χ4v) is 7.97. The van der Waals surface area contributed by atoms with Crippen molar-refractivity contribution in [3.63, 3.8) is 0 Å². The number of allylic oxidation sites excluding steroid dienone is 1. The van der Waals surface area contributed by atoms with Crippen LogP contribution in [0.4, 0.5) is 0 Å². The van der Waals surface area contributed by atoms with Crippen molar-refractivity contribution in [3.8, 4) is 56.2 Å². The van der Waals surface area contributed by atoms with Crippen molar-refractivity contribution in [2.24, 2.45) is 0 Å². The normalized spacial score (nSPS) is 12.8. The Balaban J connectivity index is 1.15. The summed E-state index contributed by atoms with van der Waals surface area (Å²) in [4.78, 5) is 10.5. The molecule has 0 spiro atoms. The number of aromatic nitrogens is 2. The van der Waals surface area contributed by atoms with Crippen molar-refractivity contribution in [1.82, 2.24) is 15.3 Å². The summed E-state index contributed by atoms with van der Waals surface area (Å²) in [6, 6.07) is 77.2. The Labute approximate surface area is 356 Å². The molecule has 0 atom stereocenters. The van der Waals surface area contributed by atoms with Gasteiger partial charge in [0.15, 0.2) is 5.82 Å². The molecule has 1 aliphatic heterocycles. The second-order valence-electron chi connectivity index (χ2n) is 15.1. The average molecular weight is 781 g/mol. The molecule has 9 aromatic rings. The quantitative estimate of drug-likeness (QED) is 0.143. The zero-order chi connectivity index (χ0) is 41.0. The van der Waals surface area contributed by atoms with Crippen LogP contribution in [0.15, 0.2) is 224 Å². The lowest BCUT2D eigenvalue weighted by molar-refractivity contribution is 1.18. The van der Waals surface area contributed by atoms with Gasteiger partial charge in [-0.3, -0.25) is 5.41 Å². The third-order valence-corrected chi connectivity index (χ3v) is 11.2. The number of benzene rings is 8. The van der Waals surface area contributed by atoms with E-state index >= 15 is 0 Å². The second-order valence-corrected chi connectivity index (χ2v) is 15.1. The predicted molar refractivity (Wildman–Crippen MR) is 253 cm³/mol. The number of fused-ring (bicyclic) bond motifs is 1. The fraction of sp³-hybridized carbons (Fsp3) is 0. The van der Waals surface area contributed by atoms with Gasteiger partial charge in [0.25, 0.3) is 0 Å². The average Bonchev–Trinajstić information content (AvgIpc) is 3.35. The molecule has 0 aliphatic carbocycles. The van der Waals surface area contributed by atoms with Crippen molar-refractivity contribution >= 4 is 28.8 Å². The Kier molecular flexibility index (Phi) is 10.1. The first-order chi connectivity index (χ1) is 30.1. The summed E-state index contributed by atoms with van der Waals surface area (Å²) in [5.74, 6) is 0.646. The van der Waals surface area contributed by atoms with Gasteiger partial charge in [0.2, 0.25) is 0 Å². The summed E-state index contributed by atoms with van der Waals surface area (Å²) in [7, 11) is 0. The van der Waals surface area contributed by atoms with Gasteiger partial charge in [0, 0.05) is 39.1 Å². The highest BCUT2D eigenvalue weighted by Gasteiger charge is 2.25. The van der Waals surface area contributed by atoms with E-state index in [0.717, 1.165) is 89.6 Å². The standard InChI is InChI=1S/C57H40N4/c58-55(46-24-14-5-15-25-46)54(45-22-12-4-13-23-45)56-50-36-49(35-34-48(50)37-51(59-56)43-20-10-3-11-21-43)53-38-52(44-30-26-41(27-31-44)39-16-6-1-7-17-39)60-57(61-53)47-32-28-42(29-33-47)40-18-8-2-9-19-40/h1-38,58-59H/b56-54-,58-55?. The van der Waals surface area contributed by atoms with E-state index in [1.165, 1.54) is 5.56 Å². The van der Waals surface area contributed by atoms with E-state index in [1.54, 1.807) is 0 Å². The smallest absolute Gasteiger partial charge is 0.160 e. The van der Waals surface area contributed by atoms with Gasteiger partial charge in [-0.1, -0.05) is 212 Å². The molecule has 288 valence electrons. The molecule has 0 radical (unpaired) electrons. The summed E-state index contributed by atoms with van der Waals surface area (Å²) in [5, 5.41) is 13.6. The molecule has 0 fully saturated rings. The summed E-state index contributed by atoms with van der Waals surface area (Å²) < 4.78 is 0. The number of nitrogens with one attached hydrogen (secondary N) is 2. The first kappa shape index (κ1) is 37.1. The van der Waals surface area contributed by atoms with E-state index in [1.807, 2.05) is 66.7 Å². The molecule has 0 saturated heterocycles. The highest BCUT2D eigenvalue weighted by molar-refractivity contribution is 6.36. The molecular formula is C57H40N4. The fourth-order valence-electron chi connectivity index (χ4n) is 7.97. The lowest BCUT2D eigenvalue weighted by Gasteiger charge is -2.27. The largest absolute Gasteiger partial charge is 0.354 e. The first-order valence-corrected chi connectivity index (χ1v) is 20.5. The number of nitrogens with zero attached hydrogens (tertiary/aromatic N) is 2. The summed E-state index contributed by atoms with van der Waals surface area (Å²) in [6.45, 7) is 0. The predicted octanol–water partition coefficient (Wildman–Crippen LogP) is 13.8. The molecule has 8 aromatic carbocycles. The number of hydrogen-bond acceptors (Lipinski definition) is 4. The molecule has 0 amide bonds. The Hall–Kier alpha value is -8.21. The minimum absolute atomic E-state index is 0.435. The van der Waals surface area contributed by atoms with Crippen molar-refractivity contribution in [2.45, 2.75) is 0 Å². The lowest BCUT2D eigenvalue weighted by Crippen LogP contribution is -2.20. The van der Waals surface area contributed by atoms with E-state index in [0.29, 0.717) is 11.5 Å². The van der Waals surface area contributed by atoms with E-state index in [9.17, 15) is 5.41 Å². The minimum atomic E-state index is 0.435. The van der Waals surface area contributed by atoms with Crippen LogP contribution in [0, 0.1) is 5.41 Å². The second kappa shape index (κ2) is 16.6. The monoisotopic (exact) mass is 780 g/mol. The molecule has 1 aliphatic rings. The highest BCUT2D eigenvalue weighted by Crippen LogP contribution is 2.39. The Bertz CT molecular complexity index is 2950. The van der Waals surface area contributed by atoms with Gasteiger partial charge in [0.05, 0.1) is 22.8 Å². The third-order valence-electron chi connectivity index (χ3n) is 11.2. The molecule has 0 bridgehead atoms. The van der Waals surface area contributed by atoms with Crippen LogP contribution in [0.3, 0.4) is 0 Å². The molecule has 61 heavy (non-hydrogen) atoms. The van der Waals surface area contributed by atoms with Crippen molar-refractivity contribution in [2.75, 3.05) is 0 Å². The van der Waals surface area contributed by atoms with Crippen LogP contribution < -0.4 is 5.32 Å². The third kappa shape index (κ3) is 7.74. The van der Waals surface area contributed by atoms with Crippen LogP contribution in [0.25, 0.3) is 79.2 Å². The SMILES string of the molecule is N=C(/C(=C1\NC(c2ccccc2)=Cc2ccc(-c3cc(-c4ccc(-c5ccccc5)cc4)nc(-c4ccc(-c5ccccc5)cc4)n3)cc21)c1ccccc1)c1ccccc1. The first-order valence-electron chi connectivity index (χ1n) is 20.5.